The number of pyridine rings is 2. The average Bonchev–Trinajstić information content (AvgIpc) is 3.05. The lowest BCUT2D eigenvalue weighted by Gasteiger charge is -2.06. The largest absolute Gasteiger partial charge is 0.346 e. The van der Waals surface area contributed by atoms with E-state index in [1.165, 1.54) is 5.56 Å². The van der Waals surface area contributed by atoms with Crippen LogP contribution in [0.2, 0.25) is 0 Å². The van der Waals surface area contributed by atoms with Crippen molar-refractivity contribution >= 4 is 11.0 Å². The molecule has 0 atom stereocenters. The lowest BCUT2D eigenvalue weighted by atomic mass is 10.0. The van der Waals surface area contributed by atoms with E-state index < -0.39 is 0 Å². The second kappa shape index (κ2) is 7.08. The molecule has 3 aromatic heterocycles. The summed E-state index contributed by atoms with van der Waals surface area (Å²) in [6, 6.07) is 13.6. The van der Waals surface area contributed by atoms with Crippen LogP contribution in [0.3, 0.4) is 0 Å². The minimum absolute atomic E-state index is 0.130. The number of aromatic amines is 1. The summed E-state index contributed by atoms with van der Waals surface area (Å²) in [6.45, 7) is 1.90. The maximum atomic E-state index is 13.9. The van der Waals surface area contributed by atoms with Gasteiger partial charge in [0.1, 0.15) is 11.5 Å². The van der Waals surface area contributed by atoms with Crippen LogP contribution >= 0.6 is 0 Å². The van der Waals surface area contributed by atoms with Crippen LogP contribution in [0.5, 0.6) is 0 Å². The summed E-state index contributed by atoms with van der Waals surface area (Å²) in [4.78, 5) is 12.1. The van der Waals surface area contributed by atoms with Gasteiger partial charge in [-0.1, -0.05) is 18.2 Å². The van der Waals surface area contributed by atoms with E-state index in [4.69, 9.17) is 0 Å². The zero-order valence-electron chi connectivity index (χ0n) is 14.7. The highest BCUT2D eigenvalue weighted by molar-refractivity contribution is 5.79. The Bertz CT molecular complexity index is 1030. The number of H-pyrrole nitrogens is 1. The molecule has 1 aromatic carbocycles. The van der Waals surface area contributed by atoms with Crippen molar-refractivity contribution in [2.45, 2.75) is 26.2 Å². The summed E-state index contributed by atoms with van der Waals surface area (Å²) >= 11 is 0. The summed E-state index contributed by atoms with van der Waals surface area (Å²) in [6.07, 6.45) is 7.91. The Morgan fingerprint density at radius 1 is 1.00 bits per heavy atom. The van der Waals surface area contributed by atoms with E-state index in [1.54, 1.807) is 12.3 Å². The number of hydrogen-bond donors (Lipinski definition) is 1. The van der Waals surface area contributed by atoms with E-state index >= 15 is 0 Å². The fourth-order valence-electron chi connectivity index (χ4n) is 3.20. The van der Waals surface area contributed by atoms with Gasteiger partial charge < -0.3 is 4.98 Å². The molecule has 1 N–H and O–H groups in total. The number of hydrogen-bond acceptors (Lipinski definition) is 2. The number of nitrogens with zero attached hydrogens (tertiary/aromatic N) is 2. The molecule has 3 heterocycles. The molecule has 0 bridgehead atoms. The fourth-order valence-corrected chi connectivity index (χ4v) is 3.20. The van der Waals surface area contributed by atoms with Crippen LogP contribution in [0.25, 0.3) is 11.0 Å². The van der Waals surface area contributed by atoms with Crippen LogP contribution in [0.15, 0.2) is 61.1 Å². The molecule has 26 heavy (non-hydrogen) atoms. The van der Waals surface area contributed by atoms with Crippen molar-refractivity contribution in [2.24, 2.45) is 0 Å². The molecule has 0 amide bonds. The molecule has 0 fully saturated rings. The van der Waals surface area contributed by atoms with E-state index in [1.807, 2.05) is 43.6 Å². The first-order chi connectivity index (χ1) is 12.7. The third-order valence-corrected chi connectivity index (χ3v) is 4.68. The molecule has 4 heteroatoms. The number of benzene rings is 1. The van der Waals surface area contributed by atoms with Crippen molar-refractivity contribution in [1.82, 2.24) is 15.0 Å². The number of rotatable bonds is 5. The molecule has 0 aliphatic heterocycles. The molecule has 3 nitrogen and oxygen atoms in total. The molecule has 130 valence electrons. The van der Waals surface area contributed by atoms with E-state index in [0.29, 0.717) is 6.42 Å². The highest BCUT2D eigenvalue weighted by atomic mass is 19.1. The Morgan fingerprint density at radius 2 is 1.92 bits per heavy atom. The summed E-state index contributed by atoms with van der Waals surface area (Å²) in [5.74, 6) is -0.130. The van der Waals surface area contributed by atoms with Crippen LogP contribution in [-0.4, -0.2) is 15.0 Å². The fraction of sp³-hybridized carbons (Fsp3) is 0.182. The molecule has 0 aliphatic rings. The van der Waals surface area contributed by atoms with Crippen molar-refractivity contribution in [3.05, 3.63) is 94.8 Å². The van der Waals surface area contributed by atoms with Crippen LogP contribution in [0, 0.1) is 12.7 Å². The predicted octanol–water partition coefficient (Wildman–Crippen LogP) is 4.78. The Labute approximate surface area is 152 Å². The van der Waals surface area contributed by atoms with Gasteiger partial charge in [0, 0.05) is 36.1 Å². The van der Waals surface area contributed by atoms with Gasteiger partial charge in [-0.25, -0.2) is 9.37 Å². The maximum absolute atomic E-state index is 13.9. The van der Waals surface area contributed by atoms with Gasteiger partial charge in [0.15, 0.2) is 0 Å². The predicted molar refractivity (Wildman–Crippen MR) is 102 cm³/mol. The number of halogens is 1. The van der Waals surface area contributed by atoms with Gasteiger partial charge in [-0.05, 0) is 66.3 Å². The molecule has 0 spiro atoms. The Kier molecular flexibility index (Phi) is 4.48. The lowest BCUT2D eigenvalue weighted by Crippen LogP contribution is -1.98. The minimum Gasteiger partial charge on any atom is -0.346 e. The third-order valence-electron chi connectivity index (χ3n) is 4.68. The first-order valence-corrected chi connectivity index (χ1v) is 8.79. The second-order valence-electron chi connectivity index (χ2n) is 6.64. The van der Waals surface area contributed by atoms with Gasteiger partial charge in [-0.2, -0.15) is 0 Å². The molecule has 0 saturated carbocycles. The Morgan fingerprint density at radius 3 is 2.73 bits per heavy atom. The van der Waals surface area contributed by atoms with E-state index in [9.17, 15) is 4.39 Å². The number of aromatic nitrogens is 3. The quantitative estimate of drug-likeness (QED) is 0.565. The summed E-state index contributed by atoms with van der Waals surface area (Å²) in [7, 11) is 0. The lowest BCUT2D eigenvalue weighted by molar-refractivity contribution is 0.607. The Hall–Kier alpha value is -3.01. The average molecular weight is 345 g/mol. The number of aryl methyl sites for hydroxylation is 3. The van der Waals surface area contributed by atoms with Crippen LogP contribution in [0.4, 0.5) is 4.39 Å². The van der Waals surface area contributed by atoms with E-state index in [0.717, 1.165) is 46.3 Å². The summed E-state index contributed by atoms with van der Waals surface area (Å²) in [5, 5.41) is 1.14. The van der Waals surface area contributed by atoms with Gasteiger partial charge in [0.05, 0.1) is 0 Å². The first kappa shape index (κ1) is 16.5. The highest BCUT2D eigenvalue weighted by Crippen LogP contribution is 2.19. The van der Waals surface area contributed by atoms with Gasteiger partial charge in [-0.3, -0.25) is 4.98 Å². The minimum atomic E-state index is -0.130. The smallest absolute Gasteiger partial charge is 0.137 e. The van der Waals surface area contributed by atoms with Crippen LogP contribution < -0.4 is 0 Å². The molecule has 4 rings (SSSR count). The molecular formula is C22H20FN3. The molecular weight excluding hydrogens is 325 g/mol. The van der Waals surface area contributed by atoms with Crippen molar-refractivity contribution in [3.63, 3.8) is 0 Å². The molecule has 4 aromatic rings. The first-order valence-electron chi connectivity index (χ1n) is 8.79. The van der Waals surface area contributed by atoms with E-state index in [2.05, 4.69) is 27.1 Å². The second-order valence-corrected chi connectivity index (χ2v) is 6.64. The maximum Gasteiger partial charge on any atom is 0.137 e. The van der Waals surface area contributed by atoms with Gasteiger partial charge in [0.2, 0.25) is 0 Å². The van der Waals surface area contributed by atoms with E-state index in [-0.39, 0.29) is 5.82 Å². The van der Waals surface area contributed by atoms with Crippen molar-refractivity contribution in [1.29, 1.82) is 0 Å². The van der Waals surface area contributed by atoms with Gasteiger partial charge in [-0.15, -0.1) is 0 Å². The number of fused-ring (bicyclic) bond motifs is 1. The zero-order valence-corrected chi connectivity index (χ0v) is 14.7. The molecule has 0 unspecified atom stereocenters. The van der Waals surface area contributed by atoms with Crippen molar-refractivity contribution < 1.29 is 4.39 Å². The third kappa shape index (κ3) is 3.49. The molecule has 0 radical (unpaired) electrons. The molecule has 0 saturated heterocycles. The van der Waals surface area contributed by atoms with Crippen LogP contribution in [-0.2, 0) is 19.3 Å². The number of nitrogens with one attached hydrogen (secondary N) is 1. The normalized spacial score (nSPS) is 11.2. The Balaban J connectivity index is 1.43. The van der Waals surface area contributed by atoms with Crippen LogP contribution in [0.1, 0.15) is 27.9 Å². The summed E-state index contributed by atoms with van der Waals surface area (Å²) < 4.78 is 13.9. The topological polar surface area (TPSA) is 41.6 Å². The monoisotopic (exact) mass is 345 g/mol. The van der Waals surface area contributed by atoms with Gasteiger partial charge in [0.25, 0.3) is 0 Å². The zero-order chi connectivity index (χ0) is 17.9. The standard InChI is InChI=1S/C22H20FN3/c1-15-4-6-17(21(23)11-15)7-9-19-8-5-16(13-25-19)12-18-14-26-22-20(18)3-2-10-24-22/h2-6,8,10-11,13-14H,7,9,12H2,1H3,(H,24,26). The molecule has 0 aliphatic carbocycles. The SMILES string of the molecule is Cc1ccc(CCc2ccc(Cc3c[nH]c4ncccc34)cn2)c(F)c1. The van der Waals surface area contributed by atoms with Gasteiger partial charge >= 0.3 is 0 Å². The highest BCUT2D eigenvalue weighted by Gasteiger charge is 2.07. The van der Waals surface area contributed by atoms with Crippen molar-refractivity contribution in [2.75, 3.05) is 0 Å². The summed E-state index contributed by atoms with van der Waals surface area (Å²) in [5.41, 5.74) is 5.94. The van der Waals surface area contributed by atoms with Crippen molar-refractivity contribution in [3.8, 4) is 0 Å².